The Morgan fingerprint density at radius 3 is 2.55 bits per heavy atom. The molecule has 0 heteroatoms. The van der Waals surface area contributed by atoms with Crippen LogP contribution in [-0.4, -0.2) is 0 Å². The number of allylic oxidation sites excluding steroid dienone is 6. The molecule has 1 fully saturated rings. The fourth-order valence-electron chi connectivity index (χ4n) is 4.73. The van der Waals surface area contributed by atoms with Gasteiger partial charge in [0.1, 0.15) is 0 Å². The zero-order chi connectivity index (χ0) is 16.0. The van der Waals surface area contributed by atoms with E-state index in [1.54, 1.807) is 11.1 Å². The molecule has 0 N–H and O–H groups in total. The van der Waals surface area contributed by atoms with E-state index in [-0.39, 0.29) is 0 Å². The Labute approximate surface area is 138 Å². The Hall–Kier alpha value is -0.780. The molecule has 2 aliphatic carbocycles. The van der Waals surface area contributed by atoms with Crippen molar-refractivity contribution in [2.75, 3.05) is 0 Å². The van der Waals surface area contributed by atoms with E-state index < -0.39 is 0 Å². The second-order valence-corrected chi connectivity index (χ2v) is 8.06. The first-order chi connectivity index (χ1) is 10.6. The average Bonchev–Trinajstić information content (AvgIpc) is 2.70. The first-order valence-electron chi connectivity index (χ1n) is 9.66. The summed E-state index contributed by atoms with van der Waals surface area (Å²) < 4.78 is 0. The van der Waals surface area contributed by atoms with Crippen molar-refractivity contribution in [1.82, 2.24) is 0 Å². The van der Waals surface area contributed by atoms with Crippen LogP contribution in [0.3, 0.4) is 0 Å². The maximum atomic E-state index is 2.52. The molecule has 1 unspecified atom stereocenters. The Kier molecular flexibility index (Phi) is 6.53. The highest BCUT2D eigenvalue weighted by atomic mass is 14.4. The lowest BCUT2D eigenvalue weighted by Gasteiger charge is -2.44. The molecular formula is C22H36. The molecule has 0 spiro atoms. The van der Waals surface area contributed by atoms with Gasteiger partial charge in [0, 0.05) is 0 Å². The third-order valence-electron chi connectivity index (χ3n) is 5.62. The van der Waals surface area contributed by atoms with Crippen LogP contribution in [-0.2, 0) is 0 Å². The van der Waals surface area contributed by atoms with E-state index in [9.17, 15) is 0 Å². The lowest BCUT2D eigenvalue weighted by Crippen LogP contribution is -2.31. The fraction of sp³-hybridized carbons (Fsp3) is 0.727. The molecular weight excluding hydrogens is 264 g/mol. The van der Waals surface area contributed by atoms with Gasteiger partial charge in [-0.25, -0.2) is 0 Å². The third-order valence-corrected chi connectivity index (χ3v) is 5.62. The molecule has 0 amide bonds. The lowest BCUT2D eigenvalue weighted by molar-refractivity contribution is 0.159. The maximum Gasteiger partial charge on any atom is -0.0154 e. The SMILES string of the molecule is CCCC1(CCC)CC2=CCC=CC=C2C(CCC(C)C)C1. The van der Waals surface area contributed by atoms with E-state index in [4.69, 9.17) is 0 Å². The summed E-state index contributed by atoms with van der Waals surface area (Å²) in [5.74, 6) is 1.62. The van der Waals surface area contributed by atoms with E-state index >= 15 is 0 Å². The zero-order valence-electron chi connectivity index (χ0n) is 15.3. The first-order valence-corrected chi connectivity index (χ1v) is 9.66. The molecule has 2 aliphatic rings. The molecule has 0 bridgehead atoms. The van der Waals surface area contributed by atoms with Crippen molar-refractivity contribution >= 4 is 0 Å². The molecule has 1 saturated carbocycles. The monoisotopic (exact) mass is 300 g/mol. The van der Waals surface area contributed by atoms with Crippen LogP contribution in [0, 0.1) is 17.3 Å². The highest BCUT2D eigenvalue weighted by Gasteiger charge is 2.39. The van der Waals surface area contributed by atoms with Gasteiger partial charge >= 0.3 is 0 Å². The molecule has 22 heavy (non-hydrogen) atoms. The summed E-state index contributed by atoms with van der Waals surface area (Å²) >= 11 is 0. The summed E-state index contributed by atoms with van der Waals surface area (Å²) in [5.41, 5.74) is 3.95. The van der Waals surface area contributed by atoms with Gasteiger partial charge in [0.25, 0.3) is 0 Å². The average molecular weight is 301 g/mol. The van der Waals surface area contributed by atoms with Crippen molar-refractivity contribution in [2.24, 2.45) is 17.3 Å². The number of hydrogen-bond acceptors (Lipinski definition) is 0. The quantitative estimate of drug-likeness (QED) is 0.465. The van der Waals surface area contributed by atoms with Crippen molar-refractivity contribution in [3.05, 3.63) is 35.5 Å². The van der Waals surface area contributed by atoms with E-state index in [1.807, 2.05) is 0 Å². The maximum absolute atomic E-state index is 2.52. The molecule has 0 aliphatic heterocycles. The second kappa shape index (κ2) is 8.18. The molecule has 0 aromatic heterocycles. The van der Waals surface area contributed by atoms with E-state index in [1.165, 1.54) is 51.4 Å². The minimum absolute atomic E-state index is 0.582. The second-order valence-electron chi connectivity index (χ2n) is 8.06. The Morgan fingerprint density at radius 1 is 1.18 bits per heavy atom. The van der Waals surface area contributed by atoms with Crippen LogP contribution in [0.15, 0.2) is 35.5 Å². The van der Waals surface area contributed by atoms with Gasteiger partial charge in [0.2, 0.25) is 0 Å². The van der Waals surface area contributed by atoms with Gasteiger partial charge in [0.05, 0.1) is 0 Å². The Bertz CT molecular complexity index is 427. The van der Waals surface area contributed by atoms with Crippen molar-refractivity contribution in [1.29, 1.82) is 0 Å². The fourth-order valence-corrected chi connectivity index (χ4v) is 4.73. The van der Waals surface area contributed by atoms with Crippen LogP contribution in [0.25, 0.3) is 0 Å². The Balaban J connectivity index is 2.26. The highest BCUT2D eigenvalue weighted by molar-refractivity contribution is 5.41. The predicted octanol–water partition coefficient (Wildman–Crippen LogP) is 7.23. The minimum Gasteiger partial charge on any atom is -0.0807 e. The lowest BCUT2D eigenvalue weighted by atomic mass is 9.60. The van der Waals surface area contributed by atoms with E-state index in [0.29, 0.717) is 5.41 Å². The number of rotatable bonds is 7. The van der Waals surface area contributed by atoms with Crippen LogP contribution in [0.5, 0.6) is 0 Å². The largest absolute Gasteiger partial charge is 0.0807 e. The molecule has 0 saturated heterocycles. The smallest absolute Gasteiger partial charge is 0.0154 e. The molecule has 124 valence electrons. The van der Waals surface area contributed by atoms with Crippen LogP contribution in [0.2, 0.25) is 0 Å². The van der Waals surface area contributed by atoms with Gasteiger partial charge in [-0.2, -0.15) is 0 Å². The van der Waals surface area contributed by atoms with E-state index in [2.05, 4.69) is 52.0 Å². The van der Waals surface area contributed by atoms with Crippen molar-refractivity contribution < 1.29 is 0 Å². The van der Waals surface area contributed by atoms with Crippen molar-refractivity contribution in [3.8, 4) is 0 Å². The summed E-state index contributed by atoms with van der Waals surface area (Å²) in [6, 6.07) is 0. The van der Waals surface area contributed by atoms with Gasteiger partial charge in [-0.15, -0.1) is 0 Å². The van der Waals surface area contributed by atoms with Crippen molar-refractivity contribution in [2.45, 2.75) is 85.5 Å². The molecule has 0 heterocycles. The zero-order valence-corrected chi connectivity index (χ0v) is 15.3. The van der Waals surface area contributed by atoms with E-state index in [0.717, 1.165) is 18.3 Å². The van der Waals surface area contributed by atoms with Crippen LogP contribution >= 0.6 is 0 Å². The van der Waals surface area contributed by atoms with Gasteiger partial charge in [-0.1, -0.05) is 71.3 Å². The molecule has 0 aromatic rings. The van der Waals surface area contributed by atoms with Gasteiger partial charge in [0.15, 0.2) is 0 Å². The van der Waals surface area contributed by atoms with Crippen LogP contribution < -0.4 is 0 Å². The summed E-state index contributed by atoms with van der Waals surface area (Å²) in [5, 5.41) is 0. The van der Waals surface area contributed by atoms with Crippen molar-refractivity contribution in [3.63, 3.8) is 0 Å². The minimum atomic E-state index is 0.582. The summed E-state index contributed by atoms with van der Waals surface area (Å²) in [7, 11) is 0. The predicted molar refractivity (Wildman–Crippen MR) is 99.0 cm³/mol. The van der Waals surface area contributed by atoms with Gasteiger partial charge < -0.3 is 0 Å². The van der Waals surface area contributed by atoms with Crippen LogP contribution in [0.1, 0.15) is 85.5 Å². The Morgan fingerprint density at radius 2 is 1.91 bits per heavy atom. The molecule has 0 nitrogen and oxygen atoms in total. The first kappa shape index (κ1) is 17.6. The van der Waals surface area contributed by atoms with Gasteiger partial charge in [-0.3, -0.25) is 0 Å². The summed E-state index contributed by atoms with van der Waals surface area (Å²) in [6.45, 7) is 9.47. The standard InChI is InChI=1S/C22H36/c1-5-14-22(15-6-2)16-19-10-8-7-9-11-21(19)20(17-22)13-12-18(3)4/h7,9-11,18,20H,5-6,8,12-17H2,1-4H3. The third kappa shape index (κ3) is 4.37. The molecule has 0 aromatic carbocycles. The van der Waals surface area contributed by atoms with Crippen LogP contribution in [0.4, 0.5) is 0 Å². The number of hydrogen-bond donors (Lipinski definition) is 0. The topological polar surface area (TPSA) is 0 Å². The highest BCUT2D eigenvalue weighted by Crippen LogP contribution is 2.52. The normalized spacial score (nSPS) is 23.8. The summed E-state index contributed by atoms with van der Waals surface area (Å²) in [4.78, 5) is 0. The molecule has 0 radical (unpaired) electrons. The number of fused-ring (bicyclic) bond motifs is 1. The summed E-state index contributed by atoms with van der Waals surface area (Å²) in [6.07, 6.45) is 21.7. The molecule has 1 atom stereocenters. The molecule has 2 rings (SSSR count). The van der Waals surface area contributed by atoms with Gasteiger partial charge in [-0.05, 0) is 66.9 Å².